The molecule has 0 radical (unpaired) electrons. The van der Waals surface area contributed by atoms with E-state index in [0.717, 1.165) is 37.0 Å². The van der Waals surface area contributed by atoms with Gasteiger partial charge < -0.3 is 4.98 Å². The van der Waals surface area contributed by atoms with Crippen molar-refractivity contribution in [2.45, 2.75) is 58.9 Å². The molecule has 23 heavy (non-hydrogen) atoms. The zero-order valence-corrected chi connectivity index (χ0v) is 14.6. The van der Waals surface area contributed by atoms with Crippen LogP contribution in [0.5, 0.6) is 0 Å². The molecule has 1 atom stereocenters. The van der Waals surface area contributed by atoms with Crippen LogP contribution in [-0.4, -0.2) is 46.4 Å². The number of carbonyl (C=O) groups excluding carboxylic acids is 1. The molecule has 0 unspecified atom stereocenters. The smallest absolute Gasteiger partial charge is 0.280 e. The number of aromatic nitrogens is 2. The van der Waals surface area contributed by atoms with E-state index in [1.54, 1.807) is 11.9 Å². The summed E-state index contributed by atoms with van der Waals surface area (Å²) in [5, 5.41) is 0. The molecule has 126 valence electrons. The Morgan fingerprint density at radius 3 is 2.78 bits per heavy atom. The lowest BCUT2D eigenvalue weighted by atomic mass is 10.1. The molecule has 0 aromatic carbocycles. The first-order chi connectivity index (χ1) is 11.0. The molecule has 1 aromatic heterocycles. The predicted molar refractivity (Wildman–Crippen MR) is 91.9 cm³/mol. The van der Waals surface area contributed by atoms with Crippen LogP contribution in [0.1, 0.15) is 62.8 Å². The number of hydrogen-bond donors (Lipinski definition) is 1. The molecule has 2 aliphatic heterocycles. The number of fused-ring (bicyclic) bond motifs is 3. The molecule has 1 N–H and O–H groups in total. The number of H-pyrrole nitrogens is 1. The van der Waals surface area contributed by atoms with E-state index in [1.165, 1.54) is 19.3 Å². The summed E-state index contributed by atoms with van der Waals surface area (Å²) in [6.45, 7) is 7.34. The van der Waals surface area contributed by atoms with Crippen LogP contribution in [0.25, 0.3) is 0 Å². The van der Waals surface area contributed by atoms with Gasteiger partial charge in [0.25, 0.3) is 5.91 Å². The number of aromatic amines is 1. The molecule has 3 heterocycles. The second-order valence-corrected chi connectivity index (χ2v) is 6.91. The summed E-state index contributed by atoms with van der Waals surface area (Å²) in [6.07, 6.45) is 5.70. The Hall–Kier alpha value is -1.85. The summed E-state index contributed by atoms with van der Waals surface area (Å²) in [6, 6.07) is 0.218. The molecule has 0 fully saturated rings. The van der Waals surface area contributed by atoms with E-state index in [1.807, 2.05) is 0 Å². The van der Waals surface area contributed by atoms with Gasteiger partial charge in [0.2, 0.25) is 5.96 Å². The number of carbonyl (C=O) groups is 1. The largest absolute Gasteiger partial charge is 0.336 e. The minimum Gasteiger partial charge on any atom is -0.336 e. The molecular weight excluding hydrogens is 290 g/mol. The van der Waals surface area contributed by atoms with E-state index in [4.69, 9.17) is 9.98 Å². The highest BCUT2D eigenvalue weighted by Gasteiger charge is 2.41. The number of nitrogens with one attached hydrogen (secondary N) is 1. The molecule has 3 rings (SSSR count). The second-order valence-electron chi connectivity index (χ2n) is 6.91. The van der Waals surface area contributed by atoms with Crippen molar-refractivity contribution in [2.75, 3.05) is 18.5 Å². The van der Waals surface area contributed by atoms with Crippen LogP contribution in [-0.2, 0) is 6.42 Å². The number of guanidine groups is 1. The van der Waals surface area contributed by atoms with Gasteiger partial charge in [-0.15, -0.1) is 0 Å². The van der Waals surface area contributed by atoms with E-state index >= 15 is 0 Å². The molecule has 1 amide bonds. The lowest BCUT2D eigenvalue weighted by Gasteiger charge is -2.30. The van der Waals surface area contributed by atoms with Crippen molar-refractivity contribution in [3.05, 3.63) is 11.5 Å². The van der Waals surface area contributed by atoms with Crippen molar-refractivity contribution >= 4 is 17.7 Å². The van der Waals surface area contributed by atoms with Crippen molar-refractivity contribution < 1.29 is 4.79 Å². The average molecular weight is 317 g/mol. The summed E-state index contributed by atoms with van der Waals surface area (Å²) in [4.78, 5) is 29.0. The maximum absolute atomic E-state index is 12.6. The number of amides is 1. The Labute approximate surface area is 138 Å². The summed E-state index contributed by atoms with van der Waals surface area (Å²) in [5.41, 5.74) is 0.612. The number of aliphatic imine (C=N–C) groups is 1. The molecule has 0 spiro atoms. The van der Waals surface area contributed by atoms with Gasteiger partial charge in [0.15, 0.2) is 5.82 Å². The molecule has 0 aliphatic carbocycles. The van der Waals surface area contributed by atoms with Gasteiger partial charge in [0.05, 0.1) is 12.6 Å². The first kappa shape index (κ1) is 16.0. The van der Waals surface area contributed by atoms with Gasteiger partial charge in [-0.05, 0) is 12.3 Å². The fourth-order valence-corrected chi connectivity index (χ4v) is 3.19. The van der Waals surface area contributed by atoms with Gasteiger partial charge >= 0.3 is 0 Å². The average Bonchev–Trinajstić information content (AvgIpc) is 3.13. The first-order valence-corrected chi connectivity index (χ1v) is 8.75. The van der Waals surface area contributed by atoms with Crippen LogP contribution in [0.4, 0.5) is 5.82 Å². The second kappa shape index (κ2) is 6.34. The Balaban J connectivity index is 1.82. The van der Waals surface area contributed by atoms with Crippen LogP contribution < -0.4 is 4.90 Å². The van der Waals surface area contributed by atoms with Crippen molar-refractivity contribution in [3.8, 4) is 0 Å². The zero-order valence-electron chi connectivity index (χ0n) is 14.6. The van der Waals surface area contributed by atoms with Crippen molar-refractivity contribution in [1.29, 1.82) is 0 Å². The van der Waals surface area contributed by atoms with Crippen molar-refractivity contribution in [3.63, 3.8) is 0 Å². The van der Waals surface area contributed by atoms with Crippen LogP contribution >= 0.6 is 0 Å². The lowest BCUT2D eigenvalue weighted by Crippen LogP contribution is -2.48. The third-order valence-electron chi connectivity index (χ3n) is 4.74. The first-order valence-electron chi connectivity index (χ1n) is 8.75. The van der Waals surface area contributed by atoms with Crippen LogP contribution in [0.3, 0.4) is 0 Å². The third kappa shape index (κ3) is 2.86. The minimum atomic E-state index is -0.0354. The third-order valence-corrected chi connectivity index (χ3v) is 4.74. The summed E-state index contributed by atoms with van der Waals surface area (Å²) >= 11 is 0. The maximum atomic E-state index is 12.6. The van der Waals surface area contributed by atoms with E-state index in [0.29, 0.717) is 11.6 Å². The van der Waals surface area contributed by atoms with Gasteiger partial charge in [-0.3, -0.25) is 14.6 Å². The van der Waals surface area contributed by atoms with Crippen molar-refractivity contribution in [2.24, 2.45) is 10.9 Å². The number of unbranched alkanes of at least 4 members (excludes halogenated alkanes) is 3. The molecular formula is C17H27N5O. The van der Waals surface area contributed by atoms with E-state index in [9.17, 15) is 4.79 Å². The van der Waals surface area contributed by atoms with Crippen molar-refractivity contribution in [1.82, 2.24) is 14.9 Å². The fraction of sp³-hybridized carbons (Fsp3) is 0.706. The van der Waals surface area contributed by atoms with Crippen LogP contribution in [0.2, 0.25) is 0 Å². The quantitative estimate of drug-likeness (QED) is 0.821. The molecule has 0 saturated carbocycles. The maximum Gasteiger partial charge on any atom is 0.280 e. The number of hydrogen-bond acceptors (Lipinski definition) is 4. The van der Waals surface area contributed by atoms with Crippen LogP contribution in [0, 0.1) is 5.92 Å². The molecule has 6 heteroatoms. The number of aryl methyl sites for hydroxylation is 1. The molecule has 0 bridgehead atoms. The lowest BCUT2D eigenvalue weighted by molar-refractivity contribution is 0.0860. The summed E-state index contributed by atoms with van der Waals surface area (Å²) < 4.78 is 0. The molecule has 6 nitrogen and oxygen atoms in total. The summed E-state index contributed by atoms with van der Waals surface area (Å²) in [5.74, 6) is 2.84. The fourth-order valence-electron chi connectivity index (χ4n) is 3.19. The number of imidazole rings is 1. The number of rotatable bonds is 6. The van der Waals surface area contributed by atoms with E-state index < -0.39 is 0 Å². The molecule has 0 saturated heterocycles. The van der Waals surface area contributed by atoms with Gasteiger partial charge in [-0.1, -0.05) is 40.0 Å². The Morgan fingerprint density at radius 1 is 1.30 bits per heavy atom. The zero-order chi connectivity index (χ0) is 16.6. The van der Waals surface area contributed by atoms with Gasteiger partial charge in [-0.25, -0.2) is 9.98 Å². The molecule has 1 aromatic rings. The van der Waals surface area contributed by atoms with E-state index in [-0.39, 0.29) is 11.9 Å². The SMILES string of the molecule is CCCCCCc1nc2c([nH]1)C(=O)N(C)C1=N[C@H](C(C)C)CN12. The predicted octanol–water partition coefficient (Wildman–Crippen LogP) is 2.82. The highest BCUT2D eigenvalue weighted by molar-refractivity contribution is 6.17. The summed E-state index contributed by atoms with van der Waals surface area (Å²) in [7, 11) is 1.79. The topological polar surface area (TPSA) is 64.6 Å². The van der Waals surface area contributed by atoms with Gasteiger partial charge in [0.1, 0.15) is 11.5 Å². The van der Waals surface area contributed by atoms with E-state index in [2.05, 4.69) is 30.7 Å². The Kier molecular flexibility index (Phi) is 4.41. The standard InChI is InChI=1S/C17H27N5O/c1-5-6-7-8-9-13-19-14-15(20-13)22-10-12(11(2)3)18-17(22)21(4)16(14)23/h11-12H,5-10H2,1-4H3,(H,19,20)/t12-/m0/s1. The highest BCUT2D eigenvalue weighted by Crippen LogP contribution is 2.31. The number of nitrogens with zero attached hydrogens (tertiary/aromatic N) is 4. The number of anilines is 1. The molecule has 2 aliphatic rings. The highest BCUT2D eigenvalue weighted by atomic mass is 16.2. The van der Waals surface area contributed by atoms with Gasteiger partial charge in [0, 0.05) is 13.5 Å². The minimum absolute atomic E-state index is 0.0354. The van der Waals surface area contributed by atoms with Gasteiger partial charge in [-0.2, -0.15) is 0 Å². The Morgan fingerprint density at radius 2 is 2.09 bits per heavy atom. The normalized spacial score (nSPS) is 20.1. The monoisotopic (exact) mass is 317 g/mol. The Bertz CT molecular complexity index is 618. The van der Waals surface area contributed by atoms with Crippen LogP contribution in [0.15, 0.2) is 4.99 Å².